The maximum atomic E-state index is 12.0. The number of hydrogen-bond acceptors (Lipinski definition) is 4. The Bertz CT molecular complexity index is 886. The number of rotatable bonds is 8. The van der Waals surface area contributed by atoms with Crippen molar-refractivity contribution in [3.8, 4) is 0 Å². The summed E-state index contributed by atoms with van der Waals surface area (Å²) in [4.78, 5) is 17.7. The van der Waals surface area contributed by atoms with Gasteiger partial charge in [0.2, 0.25) is 5.91 Å². The molecule has 26 heavy (non-hydrogen) atoms. The van der Waals surface area contributed by atoms with E-state index in [1.54, 1.807) is 17.1 Å². The lowest BCUT2D eigenvalue weighted by Gasteiger charge is -2.19. The lowest BCUT2D eigenvalue weighted by molar-refractivity contribution is -0.126. The smallest absolute Gasteiger partial charge is 0.308 e. The van der Waals surface area contributed by atoms with Gasteiger partial charge in [0.05, 0.1) is 5.69 Å². The Hall–Kier alpha value is -2.71. The Morgan fingerprint density at radius 3 is 2.58 bits per heavy atom. The van der Waals surface area contributed by atoms with E-state index >= 15 is 0 Å². The topological polar surface area (TPSA) is 75.5 Å². The molecule has 1 amide bonds. The first-order valence-electron chi connectivity index (χ1n) is 7.93. The zero-order valence-corrected chi connectivity index (χ0v) is 15.6. The third-order valence-corrected chi connectivity index (χ3v) is 5.28. The molecular formula is C18H22N4O3S. The van der Waals surface area contributed by atoms with Gasteiger partial charge >= 0.3 is 10.2 Å². The second-order valence-electron chi connectivity index (χ2n) is 5.73. The summed E-state index contributed by atoms with van der Waals surface area (Å²) >= 11 is 0. The van der Waals surface area contributed by atoms with Crippen LogP contribution in [0, 0.1) is 0 Å². The highest BCUT2D eigenvalue weighted by molar-refractivity contribution is 7.87. The summed E-state index contributed by atoms with van der Waals surface area (Å²) in [5.74, 6) is -0.181. The van der Waals surface area contributed by atoms with Crippen molar-refractivity contribution in [3.05, 3.63) is 72.8 Å². The predicted octanol–water partition coefficient (Wildman–Crippen LogP) is 1.77. The molecule has 8 heteroatoms. The van der Waals surface area contributed by atoms with E-state index < -0.39 is 10.2 Å². The number of hydrogen-bond donors (Lipinski definition) is 0. The second-order valence-corrected chi connectivity index (χ2v) is 7.78. The average Bonchev–Trinajstić information content (AvgIpc) is 3.10. The van der Waals surface area contributed by atoms with Gasteiger partial charge in [0, 0.05) is 33.4 Å². The highest BCUT2D eigenvalue weighted by atomic mass is 32.2. The van der Waals surface area contributed by atoms with E-state index in [1.165, 1.54) is 32.7 Å². The van der Waals surface area contributed by atoms with Crippen LogP contribution in [0.2, 0.25) is 0 Å². The highest BCUT2D eigenvalue weighted by Gasteiger charge is 2.16. The van der Waals surface area contributed by atoms with Crippen LogP contribution in [0.15, 0.2) is 61.6 Å². The van der Waals surface area contributed by atoms with Crippen molar-refractivity contribution in [3.63, 3.8) is 0 Å². The van der Waals surface area contributed by atoms with Crippen molar-refractivity contribution in [1.29, 1.82) is 0 Å². The molecule has 0 aliphatic carbocycles. The fourth-order valence-corrected chi connectivity index (χ4v) is 2.97. The third-order valence-electron chi connectivity index (χ3n) is 3.62. The summed E-state index contributed by atoms with van der Waals surface area (Å²) in [6, 6.07) is 9.64. The van der Waals surface area contributed by atoms with Crippen molar-refractivity contribution in [2.75, 3.05) is 20.6 Å². The molecule has 0 saturated carbocycles. The molecule has 0 saturated heterocycles. The lowest BCUT2D eigenvalue weighted by Crippen LogP contribution is -2.28. The second kappa shape index (κ2) is 8.59. The largest absolute Gasteiger partial charge is 0.331 e. The molecule has 138 valence electrons. The van der Waals surface area contributed by atoms with Crippen molar-refractivity contribution < 1.29 is 13.2 Å². The van der Waals surface area contributed by atoms with Gasteiger partial charge in [-0.3, -0.25) is 4.79 Å². The molecule has 0 atom stereocenters. The molecule has 1 aromatic heterocycles. The molecule has 0 bridgehead atoms. The maximum Gasteiger partial charge on any atom is 0.308 e. The Morgan fingerprint density at radius 2 is 1.96 bits per heavy atom. The number of benzene rings is 1. The normalized spacial score (nSPS) is 11.8. The van der Waals surface area contributed by atoms with Gasteiger partial charge in [-0.05, 0) is 17.7 Å². The molecular weight excluding hydrogens is 352 g/mol. The third kappa shape index (κ3) is 4.90. The Morgan fingerprint density at radius 1 is 1.27 bits per heavy atom. The molecule has 2 aromatic rings. The van der Waals surface area contributed by atoms with Gasteiger partial charge in [0.15, 0.2) is 0 Å². The van der Waals surface area contributed by atoms with Crippen LogP contribution in [0.3, 0.4) is 0 Å². The van der Waals surface area contributed by atoms with Crippen LogP contribution >= 0.6 is 0 Å². The standard InChI is InChI=1S/C18H22N4O3S/c1-4-18(23)21(13-16-9-6-5-7-10-16)12-8-11-17-14-22(15-19-17)26(24,25)20(2)3/h4-11,14-15H,1,12-13H2,2-3H3/b11-8+. The van der Waals surface area contributed by atoms with Gasteiger partial charge < -0.3 is 4.90 Å². The van der Waals surface area contributed by atoms with Gasteiger partial charge in [-0.1, -0.05) is 43.0 Å². The number of amides is 1. The summed E-state index contributed by atoms with van der Waals surface area (Å²) in [7, 11) is -0.677. The fourth-order valence-electron chi connectivity index (χ4n) is 2.19. The summed E-state index contributed by atoms with van der Waals surface area (Å²) in [5.41, 5.74) is 1.50. The van der Waals surface area contributed by atoms with E-state index in [0.717, 1.165) is 13.8 Å². The van der Waals surface area contributed by atoms with Crippen molar-refractivity contribution in [1.82, 2.24) is 18.2 Å². The van der Waals surface area contributed by atoms with E-state index in [1.807, 2.05) is 30.3 Å². The van der Waals surface area contributed by atoms with Gasteiger partial charge in [0.25, 0.3) is 0 Å². The van der Waals surface area contributed by atoms with Crippen LogP contribution in [0.25, 0.3) is 6.08 Å². The van der Waals surface area contributed by atoms with Gasteiger partial charge in [-0.2, -0.15) is 12.7 Å². The summed E-state index contributed by atoms with van der Waals surface area (Å²) in [6.07, 6.45) is 7.37. The monoisotopic (exact) mass is 374 g/mol. The molecule has 0 radical (unpaired) electrons. The van der Waals surface area contributed by atoms with E-state index in [4.69, 9.17) is 0 Å². The minimum atomic E-state index is -3.58. The molecule has 0 fully saturated rings. The molecule has 1 aromatic carbocycles. The Kier molecular flexibility index (Phi) is 6.48. The van der Waals surface area contributed by atoms with Crippen LogP contribution < -0.4 is 0 Å². The molecule has 2 rings (SSSR count). The number of nitrogens with zero attached hydrogens (tertiary/aromatic N) is 4. The molecule has 1 heterocycles. The first-order valence-corrected chi connectivity index (χ1v) is 9.33. The lowest BCUT2D eigenvalue weighted by atomic mass is 10.2. The van der Waals surface area contributed by atoms with E-state index in [2.05, 4.69) is 11.6 Å². The molecule has 0 unspecified atom stereocenters. The van der Waals surface area contributed by atoms with E-state index in [0.29, 0.717) is 18.8 Å². The number of carbonyl (C=O) groups is 1. The SMILES string of the molecule is C=CC(=O)N(C/C=C/c1cn(S(=O)(=O)N(C)C)cn1)Cc1ccccc1. The number of imidazole rings is 1. The molecule has 0 spiro atoms. The first kappa shape index (κ1) is 19.6. The number of aromatic nitrogens is 2. The van der Waals surface area contributed by atoms with Crippen molar-refractivity contribution in [2.24, 2.45) is 0 Å². The Labute approximate surface area is 154 Å². The van der Waals surface area contributed by atoms with Gasteiger partial charge in [-0.25, -0.2) is 8.96 Å². The van der Waals surface area contributed by atoms with Crippen molar-refractivity contribution in [2.45, 2.75) is 6.54 Å². The summed E-state index contributed by atoms with van der Waals surface area (Å²) in [6.45, 7) is 4.35. The Balaban J connectivity index is 2.08. The van der Waals surface area contributed by atoms with Gasteiger partial charge in [0.1, 0.15) is 6.33 Å². The zero-order valence-electron chi connectivity index (χ0n) is 14.8. The summed E-state index contributed by atoms with van der Waals surface area (Å²) < 4.78 is 26.2. The first-order chi connectivity index (χ1) is 12.3. The minimum Gasteiger partial charge on any atom is -0.331 e. The fraction of sp³-hybridized carbons (Fsp3) is 0.222. The van der Waals surface area contributed by atoms with Crippen LogP contribution in [0.1, 0.15) is 11.3 Å². The van der Waals surface area contributed by atoms with Crippen LogP contribution in [-0.4, -0.2) is 53.1 Å². The van der Waals surface area contributed by atoms with E-state index in [-0.39, 0.29) is 5.91 Å². The molecule has 0 aliphatic rings. The predicted molar refractivity (Wildman–Crippen MR) is 101 cm³/mol. The summed E-state index contributed by atoms with van der Waals surface area (Å²) in [5, 5.41) is 0. The minimum absolute atomic E-state index is 0.181. The molecule has 0 aliphatic heterocycles. The molecule has 0 N–H and O–H groups in total. The van der Waals surface area contributed by atoms with Crippen LogP contribution in [-0.2, 0) is 21.5 Å². The maximum absolute atomic E-state index is 12.0. The average molecular weight is 374 g/mol. The number of carbonyl (C=O) groups excluding carboxylic acids is 1. The highest BCUT2D eigenvalue weighted by Crippen LogP contribution is 2.08. The van der Waals surface area contributed by atoms with Crippen LogP contribution in [0.5, 0.6) is 0 Å². The van der Waals surface area contributed by atoms with Gasteiger partial charge in [-0.15, -0.1) is 0 Å². The quantitative estimate of drug-likeness (QED) is 0.660. The van der Waals surface area contributed by atoms with Crippen molar-refractivity contribution >= 4 is 22.2 Å². The zero-order chi connectivity index (χ0) is 19.2. The van der Waals surface area contributed by atoms with Crippen LogP contribution in [0.4, 0.5) is 0 Å². The molecule has 7 nitrogen and oxygen atoms in total. The van der Waals surface area contributed by atoms with E-state index in [9.17, 15) is 13.2 Å².